The monoisotopic (exact) mass is 360 g/mol. The highest BCUT2D eigenvalue weighted by atomic mass is 16.5. The fraction of sp³-hybridized carbons (Fsp3) is 0.0500. The Morgan fingerprint density at radius 3 is 2.52 bits per heavy atom. The largest absolute Gasteiger partial charge is 0.457 e. The molecule has 4 aromatic rings. The highest BCUT2D eigenvalue weighted by Gasteiger charge is 2.15. The summed E-state index contributed by atoms with van der Waals surface area (Å²) in [6.45, 7) is 1.71. The molecule has 0 unspecified atom stereocenters. The van der Waals surface area contributed by atoms with Crippen molar-refractivity contribution in [3.8, 4) is 11.5 Å². The zero-order valence-corrected chi connectivity index (χ0v) is 14.5. The van der Waals surface area contributed by atoms with Gasteiger partial charge in [-0.3, -0.25) is 14.7 Å². The molecular weight excluding hydrogens is 344 g/mol. The summed E-state index contributed by atoms with van der Waals surface area (Å²) in [5.74, 6) is 1.04. The van der Waals surface area contributed by atoms with Gasteiger partial charge in [-0.2, -0.15) is 0 Å². The molecule has 27 heavy (non-hydrogen) atoms. The third kappa shape index (κ3) is 3.43. The van der Waals surface area contributed by atoms with Gasteiger partial charge in [-0.15, -0.1) is 0 Å². The molecule has 1 amide bonds. The van der Waals surface area contributed by atoms with Gasteiger partial charge in [0.2, 0.25) is 0 Å². The Balaban J connectivity index is 1.52. The maximum atomic E-state index is 12.6. The number of aromatic nitrogens is 3. The summed E-state index contributed by atoms with van der Waals surface area (Å²) in [6.07, 6.45) is 1.46. The summed E-state index contributed by atoms with van der Waals surface area (Å²) in [5, 5.41) is 5.54. The van der Waals surface area contributed by atoms with Gasteiger partial charge in [0.15, 0.2) is 5.65 Å². The first-order valence-electron chi connectivity index (χ1n) is 8.32. The number of amides is 1. The summed E-state index contributed by atoms with van der Waals surface area (Å²) in [6, 6.07) is 17.9. The summed E-state index contributed by atoms with van der Waals surface area (Å²) in [5.41, 5.74) is 1.48. The molecule has 0 bridgehead atoms. The number of benzene rings is 2. The van der Waals surface area contributed by atoms with Crippen molar-refractivity contribution in [2.24, 2.45) is 0 Å². The second-order valence-corrected chi connectivity index (χ2v) is 5.98. The molecule has 0 aliphatic heterocycles. The minimum absolute atomic E-state index is 0.265. The molecule has 134 valence electrons. The van der Waals surface area contributed by atoms with Gasteiger partial charge in [0.05, 0.1) is 0 Å². The average molecular weight is 360 g/mol. The highest BCUT2D eigenvalue weighted by molar-refractivity contribution is 6.08. The van der Waals surface area contributed by atoms with Crippen molar-refractivity contribution in [1.82, 2.24) is 14.6 Å². The van der Waals surface area contributed by atoms with Gasteiger partial charge in [0, 0.05) is 23.6 Å². The van der Waals surface area contributed by atoms with Crippen molar-refractivity contribution < 1.29 is 9.53 Å². The number of nitrogens with zero attached hydrogens (tertiary/aromatic N) is 2. The van der Waals surface area contributed by atoms with Crippen LogP contribution in [0.15, 0.2) is 71.7 Å². The predicted molar refractivity (Wildman–Crippen MR) is 101 cm³/mol. The van der Waals surface area contributed by atoms with E-state index in [-0.39, 0.29) is 11.5 Å². The fourth-order valence-electron chi connectivity index (χ4n) is 2.69. The number of H-pyrrole nitrogens is 1. The highest BCUT2D eigenvalue weighted by Crippen LogP contribution is 2.23. The van der Waals surface area contributed by atoms with E-state index in [2.05, 4.69) is 15.4 Å². The number of anilines is 1. The summed E-state index contributed by atoms with van der Waals surface area (Å²) >= 11 is 0. The topological polar surface area (TPSA) is 88.5 Å². The number of para-hydroxylation sites is 1. The lowest BCUT2D eigenvalue weighted by molar-refractivity contribution is 0.102. The molecular formula is C20H16N4O3. The first-order chi connectivity index (χ1) is 13.1. The van der Waals surface area contributed by atoms with Crippen LogP contribution >= 0.6 is 0 Å². The van der Waals surface area contributed by atoms with Gasteiger partial charge in [0.25, 0.3) is 11.5 Å². The molecule has 0 saturated carbocycles. The SMILES string of the molecule is Cc1cc(=O)n2[nH]cc(C(=O)Nc3ccc(Oc4ccccc4)cc3)c2n1. The zero-order chi connectivity index (χ0) is 18.8. The number of carbonyl (C=O) groups is 1. The van der Waals surface area contributed by atoms with Crippen LogP contribution < -0.4 is 15.6 Å². The minimum Gasteiger partial charge on any atom is -0.457 e. The molecule has 7 nitrogen and oxygen atoms in total. The molecule has 0 radical (unpaired) electrons. The van der Waals surface area contributed by atoms with Gasteiger partial charge < -0.3 is 10.1 Å². The van der Waals surface area contributed by atoms with Crippen LogP contribution in [-0.4, -0.2) is 20.5 Å². The van der Waals surface area contributed by atoms with Gasteiger partial charge in [-0.25, -0.2) is 9.50 Å². The van der Waals surface area contributed by atoms with Crippen molar-refractivity contribution in [2.45, 2.75) is 6.92 Å². The molecule has 0 saturated heterocycles. The maximum absolute atomic E-state index is 12.6. The maximum Gasteiger partial charge on any atom is 0.272 e. The molecule has 2 N–H and O–H groups in total. The Hall–Kier alpha value is -3.87. The van der Waals surface area contributed by atoms with Crippen molar-refractivity contribution in [2.75, 3.05) is 5.32 Å². The van der Waals surface area contributed by atoms with E-state index in [0.29, 0.717) is 28.3 Å². The van der Waals surface area contributed by atoms with Crippen LogP contribution in [-0.2, 0) is 0 Å². The average Bonchev–Trinajstić information content (AvgIpc) is 3.08. The number of hydrogen-bond acceptors (Lipinski definition) is 4. The summed E-state index contributed by atoms with van der Waals surface area (Å²) in [7, 11) is 0. The molecule has 0 fully saturated rings. The second kappa shape index (κ2) is 6.80. The number of hydrogen-bond donors (Lipinski definition) is 2. The van der Waals surface area contributed by atoms with E-state index in [9.17, 15) is 9.59 Å². The Morgan fingerprint density at radius 1 is 1.07 bits per heavy atom. The normalized spacial score (nSPS) is 10.7. The Kier molecular flexibility index (Phi) is 4.18. The number of carbonyl (C=O) groups excluding carboxylic acids is 1. The first kappa shape index (κ1) is 16.6. The quantitative estimate of drug-likeness (QED) is 0.584. The number of rotatable bonds is 4. The molecule has 2 aromatic carbocycles. The lowest BCUT2D eigenvalue weighted by Crippen LogP contribution is -2.16. The van der Waals surface area contributed by atoms with E-state index in [0.717, 1.165) is 5.75 Å². The zero-order valence-electron chi connectivity index (χ0n) is 14.5. The lowest BCUT2D eigenvalue weighted by atomic mass is 10.2. The standard InChI is InChI=1S/C20H16N4O3/c1-13-11-18(25)24-19(22-13)17(12-21-24)20(26)23-14-7-9-16(10-8-14)27-15-5-3-2-4-6-15/h2-12,21H,1H3,(H,23,26). The number of nitrogens with one attached hydrogen (secondary N) is 2. The molecule has 2 heterocycles. The van der Waals surface area contributed by atoms with Crippen LogP contribution in [0.2, 0.25) is 0 Å². The summed E-state index contributed by atoms with van der Waals surface area (Å²) < 4.78 is 6.96. The number of ether oxygens (including phenoxy) is 1. The molecule has 0 aliphatic rings. The number of aryl methyl sites for hydroxylation is 1. The second-order valence-electron chi connectivity index (χ2n) is 5.98. The van der Waals surface area contributed by atoms with Gasteiger partial charge in [0.1, 0.15) is 17.1 Å². The van der Waals surface area contributed by atoms with Gasteiger partial charge in [-0.1, -0.05) is 18.2 Å². The van der Waals surface area contributed by atoms with E-state index in [1.165, 1.54) is 16.8 Å². The van der Waals surface area contributed by atoms with Crippen molar-refractivity contribution in [3.05, 3.63) is 88.5 Å². The predicted octanol–water partition coefficient (Wildman–Crippen LogP) is 3.38. The first-order valence-corrected chi connectivity index (χ1v) is 8.32. The van der Waals surface area contributed by atoms with E-state index >= 15 is 0 Å². The number of fused-ring (bicyclic) bond motifs is 1. The number of aromatic amines is 1. The van der Waals surface area contributed by atoms with Crippen LogP contribution in [0.25, 0.3) is 5.65 Å². The smallest absolute Gasteiger partial charge is 0.272 e. The third-order valence-corrected chi connectivity index (χ3v) is 3.96. The van der Waals surface area contributed by atoms with Crippen molar-refractivity contribution >= 4 is 17.2 Å². The molecule has 0 atom stereocenters. The van der Waals surface area contributed by atoms with Crippen LogP contribution in [0, 0.1) is 6.92 Å². The minimum atomic E-state index is -0.358. The van der Waals surface area contributed by atoms with E-state index in [1.54, 1.807) is 31.2 Å². The van der Waals surface area contributed by atoms with Crippen LogP contribution in [0.3, 0.4) is 0 Å². The Morgan fingerprint density at radius 2 is 1.78 bits per heavy atom. The molecule has 4 rings (SSSR count). The summed E-state index contributed by atoms with van der Waals surface area (Å²) in [4.78, 5) is 28.8. The molecule has 0 spiro atoms. The lowest BCUT2D eigenvalue weighted by Gasteiger charge is -2.07. The van der Waals surface area contributed by atoms with E-state index < -0.39 is 0 Å². The van der Waals surface area contributed by atoms with E-state index in [4.69, 9.17) is 4.74 Å². The molecule has 7 heteroatoms. The van der Waals surface area contributed by atoms with Gasteiger partial charge in [-0.05, 0) is 43.3 Å². The fourth-order valence-corrected chi connectivity index (χ4v) is 2.69. The van der Waals surface area contributed by atoms with Crippen LogP contribution in [0.5, 0.6) is 11.5 Å². The van der Waals surface area contributed by atoms with Crippen molar-refractivity contribution in [3.63, 3.8) is 0 Å². The molecule has 2 aromatic heterocycles. The Bertz CT molecular complexity index is 1160. The van der Waals surface area contributed by atoms with Crippen LogP contribution in [0.1, 0.15) is 16.1 Å². The van der Waals surface area contributed by atoms with Crippen molar-refractivity contribution in [1.29, 1.82) is 0 Å². The molecule has 0 aliphatic carbocycles. The van der Waals surface area contributed by atoms with Crippen LogP contribution in [0.4, 0.5) is 5.69 Å². The van der Waals surface area contributed by atoms with Gasteiger partial charge >= 0.3 is 0 Å². The van der Waals surface area contributed by atoms with E-state index in [1.807, 2.05) is 30.3 Å². The third-order valence-electron chi connectivity index (χ3n) is 3.96. The Labute approximate surface area is 154 Å².